The summed E-state index contributed by atoms with van der Waals surface area (Å²) in [6, 6.07) is 1.94. The highest BCUT2D eigenvalue weighted by Crippen LogP contribution is 2.30. The van der Waals surface area contributed by atoms with Crippen LogP contribution >= 0.6 is 0 Å². The largest absolute Gasteiger partial charge is 0.453 e. The highest BCUT2D eigenvalue weighted by Gasteiger charge is 2.35. The van der Waals surface area contributed by atoms with Crippen molar-refractivity contribution in [2.24, 2.45) is 0 Å². The quantitative estimate of drug-likeness (QED) is 0.830. The van der Waals surface area contributed by atoms with Crippen molar-refractivity contribution in [2.75, 3.05) is 33.3 Å². The number of rotatable bonds is 3. The van der Waals surface area contributed by atoms with Crippen LogP contribution in [0.1, 0.15) is 32.1 Å². The van der Waals surface area contributed by atoms with Crippen molar-refractivity contribution in [1.29, 1.82) is 0 Å². The maximum absolute atomic E-state index is 11.6. The maximum Gasteiger partial charge on any atom is 0.409 e. The molecule has 3 fully saturated rings. The number of amides is 1. The molecule has 2 atom stereocenters. The van der Waals surface area contributed by atoms with E-state index < -0.39 is 0 Å². The van der Waals surface area contributed by atoms with Crippen LogP contribution in [0.2, 0.25) is 0 Å². The molecule has 5 nitrogen and oxygen atoms in total. The Hall–Kier alpha value is -0.810. The van der Waals surface area contributed by atoms with Crippen LogP contribution < -0.4 is 5.32 Å². The fraction of sp³-hybridized carbons (Fsp3) is 0.929. The van der Waals surface area contributed by atoms with Crippen LogP contribution in [0, 0.1) is 0 Å². The minimum Gasteiger partial charge on any atom is -0.453 e. The summed E-state index contributed by atoms with van der Waals surface area (Å²) in [5, 5.41) is 3.75. The predicted octanol–water partition coefficient (Wildman–Crippen LogP) is 1.04. The first-order valence-corrected chi connectivity index (χ1v) is 7.59. The molecule has 1 aliphatic carbocycles. The number of nitrogens with zero attached hydrogens (tertiary/aromatic N) is 2. The van der Waals surface area contributed by atoms with Crippen LogP contribution in [0.4, 0.5) is 4.79 Å². The topological polar surface area (TPSA) is 44.8 Å². The summed E-state index contributed by atoms with van der Waals surface area (Å²) in [6.07, 6.45) is 6.11. The van der Waals surface area contributed by atoms with Gasteiger partial charge in [0.2, 0.25) is 0 Å². The van der Waals surface area contributed by atoms with E-state index in [-0.39, 0.29) is 6.09 Å². The Bertz CT molecular complexity index is 333. The van der Waals surface area contributed by atoms with Gasteiger partial charge in [-0.3, -0.25) is 4.90 Å². The van der Waals surface area contributed by atoms with Crippen LogP contribution in [-0.2, 0) is 4.74 Å². The number of hydrogen-bond acceptors (Lipinski definition) is 4. The molecule has 5 heteroatoms. The average molecular weight is 267 g/mol. The summed E-state index contributed by atoms with van der Waals surface area (Å²) in [6.45, 7) is 4.07. The van der Waals surface area contributed by atoms with E-state index in [4.69, 9.17) is 4.74 Å². The first kappa shape index (κ1) is 13.2. The zero-order chi connectivity index (χ0) is 13.2. The van der Waals surface area contributed by atoms with Gasteiger partial charge in [-0.1, -0.05) is 0 Å². The van der Waals surface area contributed by atoms with Crippen molar-refractivity contribution >= 4 is 6.09 Å². The van der Waals surface area contributed by atoms with E-state index >= 15 is 0 Å². The smallest absolute Gasteiger partial charge is 0.409 e. The average Bonchev–Trinajstić information content (AvgIpc) is 3.19. The Morgan fingerprint density at radius 1 is 1.11 bits per heavy atom. The van der Waals surface area contributed by atoms with Gasteiger partial charge in [0.05, 0.1) is 7.11 Å². The van der Waals surface area contributed by atoms with E-state index in [1.54, 1.807) is 0 Å². The lowest BCUT2D eigenvalue weighted by molar-refractivity contribution is 0.106. The highest BCUT2D eigenvalue weighted by atomic mass is 16.5. The van der Waals surface area contributed by atoms with Gasteiger partial charge < -0.3 is 15.0 Å². The molecule has 0 aromatic rings. The number of likely N-dealkylation sites (tertiary alicyclic amines) is 2. The lowest BCUT2D eigenvalue weighted by atomic mass is 10.0. The Morgan fingerprint density at radius 3 is 2.63 bits per heavy atom. The number of carbonyl (C=O) groups excluding carboxylic acids is 1. The summed E-state index contributed by atoms with van der Waals surface area (Å²) < 4.78 is 4.82. The van der Waals surface area contributed by atoms with Crippen molar-refractivity contribution in [3.05, 3.63) is 0 Å². The number of ether oxygens (including phenoxy) is 1. The molecule has 3 rings (SSSR count). The monoisotopic (exact) mass is 267 g/mol. The first-order valence-electron chi connectivity index (χ1n) is 7.59. The molecule has 0 bridgehead atoms. The van der Waals surface area contributed by atoms with Crippen molar-refractivity contribution in [2.45, 2.75) is 50.2 Å². The van der Waals surface area contributed by atoms with Crippen molar-refractivity contribution < 1.29 is 9.53 Å². The van der Waals surface area contributed by atoms with Crippen LogP contribution in [-0.4, -0.2) is 67.3 Å². The van der Waals surface area contributed by atoms with Gasteiger partial charge in [-0.2, -0.15) is 0 Å². The SMILES string of the molecule is COC(=O)N1CCC[C@H](N[C@H]2CCN(C3CC3)C2)C1. The third-order valence-corrected chi connectivity index (χ3v) is 4.61. The normalized spacial score (nSPS) is 32.6. The molecule has 0 unspecified atom stereocenters. The molecule has 1 N–H and O–H groups in total. The van der Waals surface area contributed by atoms with Gasteiger partial charge in [-0.25, -0.2) is 4.79 Å². The third kappa shape index (κ3) is 3.20. The molecule has 1 saturated carbocycles. The van der Waals surface area contributed by atoms with Crippen LogP contribution in [0.5, 0.6) is 0 Å². The van der Waals surface area contributed by atoms with Crippen molar-refractivity contribution in [3.63, 3.8) is 0 Å². The number of hydrogen-bond donors (Lipinski definition) is 1. The molecule has 0 aromatic heterocycles. The molecular weight excluding hydrogens is 242 g/mol. The Morgan fingerprint density at radius 2 is 1.89 bits per heavy atom. The van der Waals surface area contributed by atoms with Crippen molar-refractivity contribution in [1.82, 2.24) is 15.1 Å². The summed E-state index contributed by atoms with van der Waals surface area (Å²) >= 11 is 0. The second-order valence-electron chi connectivity index (χ2n) is 6.13. The van der Waals surface area contributed by atoms with Crippen molar-refractivity contribution in [3.8, 4) is 0 Å². The summed E-state index contributed by atoms with van der Waals surface area (Å²) in [7, 11) is 1.46. The molecule has 108 valence electrons. The minimum absolute atomic E-state index is 0.183. The summed E-state index contributed by atoms with van der Waals surface area (Å²) in [5.74, 6) is 0. The van der Waals surface area contributed by atoms with E-state index in [0.717, 1.165) is 25.6 Å². The lowest BCUT2D eigenvalue weighted by Crippen LogP contribution is -2.51. The van der Waals surface area contributed by atoms with Gasteiger partial charge >= 0.3 is 6.09 Å². The zero-order valence-electron chi connectivity index (χ0n) is 11.8. The Balaban J connectivity index is 1.45. The number of piperidine rings is 1. The summed E-state index contributed by atoms with van der Waals surface area (Å²) in [4.78, 5) is 16.0. The molecule has 0 aromatic carbocycles. The lowest BCUT2D eigenvalue weighted by Gasteiger charge is -2.33. The van der Waals surface area contributed by atoms with Gasteiger partial charge in [0.1, 0.15) is 0 Å². The van der Waals surface area contributed by atoms with Gasteiger partial charge in [-0.15, -0.1) is 0 Å². The number of methoxy groups -OCH3 is 1. The summed E-state index contributed by atoms with van der Waals surface area (Å²) in [5.41, 5.74) is 0. The number of carbonyl (C=O) groups is 1. The molecule has 19 heavy (non-hydrogen) atoms. The molecule has 1 amide bonds. The zero-order valence-corrected chi connectivity index (χ0v) is 11.8. The molecule has 2 aliphatic heterocycles. The molecule has 0 spiro atoms. The van der Waals surface area contributed by atoms with Gasteiger partial charge in [-0.05, 0) is 32.1 Å². The van der Waals surface area contributed by atoms with Gasteiger partial charge in [0.15, 0.2) is 0 Å². The van der Waals surface area contributed by atoms with E-state index in [2.05, 4.69) is 10.2 Å². The maximum atomic E-state index is 11.6. The fourth-order valence-electron chi connectivity index (χ4n) is 3.44. The number of nitrogens with one attached hydrogen (secondary N) is 1. The van der Waals surface area contributed by atoms with E-state index in [0.29, 0.717) is 12.1 Å². The first-order chi connectivity index (χ1) is 9.26. The molecular formula is C14H25N3O2. The second kappa shape index (κ2) is 5.67. The fourth-order valence-corrected chi connectivity index (χ4v) is 3.44. The molecule has 3 aliphatic rings. The van der Waals surface area contributed by atoms with E-state index in [9.17, 15) is 4.79 Å². The van der Waals surface area contributed by atoms with Gasteiger partial charge in [0, 0.05) is 44.3 Å². The molecule has 2 heterocycles. The molecule has 2 saturated heterocycles. The molecule has 0 radical (unpaired) electrons. The van der Waals surface area contributed by atoms with Crippen LogP contribution in [0.3, 0.4) is 0 Å². The second-order valence-corrected chi connectivity index (χ2v) is 6.13. The van der Waals surface area contributed by atoms with E-state index in [1.807, 2.05) is 4.90 Å². The van der Waals surface area contributed by atoms with Crippen LogP contribution in [0.15, 0.2) is 0 Å². The van der Waals surface area contributed by atoms with Crippen LogP contribution in [0.25, 0.3) is 0 Å². The Kier molecular flexibility index (Phi) is 3.93. The van der Waals surface area contributed by atoms with E-state index in [1.165, 1.54) is 45.9 Å². The highest BCUT2D eigenvalue weighted by molar-refractivity contribution is 5.67. The standard InChI is InChI=1S/C14H25N3O2/c1-19-14(18)17-7-2-3-11(10-17)15-12-6-8-16(9-12)13-4-5-13/h11-13,15H,2-10H2,1H3/t11-,12-/m0/s1. The predicted molar refractivity (Wildman–Crippen MR) is 73.1 cm³/mol. The minimum atomic E-state index is -0.183. The third-order valence-electron chi connectivity index (χ3n) is 4.61. The van der Waals surface area contributed by atoms with Gasteiger partial charge in [0.25, 0.3) is 0 Å². The Labute approximate surface area is 115 Å².